The van der Waals surface area contributed by atoms with Gasteiger partial charge >= 0.3 is 0 Å². The minimum Gasteiger partial charge on any atom is -0.0928 e. The van der Waals surface area contributed by atoms with Crippen molar-refractivity contribution < 1.29 is 0 Å². The first-order chi connectivity index (χ1) is 6.41. The molecule has 0 aromatic rings. The molecule has 0 amide bonds. The van der Waals surface area contributed by atoms with Gasteiger partial charge in [-0.2, -0.15) is 0 Å². The molecule has 0 aliphatic carbocycles. The number of unbranched alkanes of at least 4 members (excludes halogenated alkanes) is 9. The highest BCUT2D eigenvalue weighted by molar-refractivity contribution is 9.09. The summed E-state index contributed by atoms with van der Waals surface area (Å²) in [6, 6.07) is 0. The summed E-state index contributed by atoms with van der Waals surface area (Å²) >= 11 is 3.45. The number of halogens is 1. The minimum atomic E-state index is 1.12. The monoisotopic (exact) mass is 247 g/mol. The molecule has 1 radical (unpaired) electrons. The van der Waals surface area contributed by atoms with Crippen molar-refractivity contribution in [3.05, 3.63) is 6.92 Å². The molecule has 0 aliphatic rings. The number of hydrogen-bond acceptors (Lipinski definition) is 0. The van der Waals surface area contributed by atoms with Gasteiger partial charge in [0.25, 0.3) is 0 Å². The van der Waals surface area contributed by atoms with Crippen LogP contribution < -0.4 is 0 Å². The second-order valence-electron chi connectivity index (χ2n) is 3.72. The van der Waals surface area contributed by atoms with Crippen LogP contribution in [0.25, 0.3) is 0 Å². The SMILES string of the molecule is [CH2]CCCCCCCCCCCBr. The summed E-state index contributed by atoms with van der Waals surface area (Å²) in [5.74, 6) is 0. The van der Waals surface area contributed by atoms with Crippen molar-refractivity contribution in [3.8, 4) is 0 Å². The standard InChI is InChI=1S/C12H24Br/c1-2-3-4-5-6-7-8-9-10-11-12-13/h1-12H2. The molecule has 0 saturated heterocycles. The first-order valence-corrected chi connectivity index (χ1v) is 6.89. The summed E-state index contributed by atoms with van der Waals surface area (Å²) in [5, 5.41) is 1.18. The van der Waals surface area contributed by atoms with E-state index in [1.165, 1.54) is 63.1 Å². The predicted molar refractivity (Wildman–Crippen MR) is 65.3 cm³/mol. The van der Waals surface area contributed by atoms with Gasteiger partial charge in [0.1, 0.15) is 0 Å². The van der Waals surface area contributed by atoms with Gasteiger partial charge in [-0.1, -0.05) is 80.6 Å². The van der Waals surface area contributed by atoms with Crippen molar-refractivity contribution in [2.24, 2.45) is 0 Å². The summed E-state index contributed by atoms with van der Waals surface area (Å²) < 4.78 is 0. The van der Waals surface area contributed by atoms with E-state index in [-0.39, 0.29) is 0 Å². The van der Waals surface area contributed by atoms with Crippen LogP contribution in [0.2, 0.25) is 0 Å². The quantitative estimate of drug-likeness (QED) is 0.372. The summed E-state index contributed by atoms with van der Waals surface area (Å²) in [7, 11) is 0. The smallest absolute Gasteiger partial charge is 0.00313 e. The molecular weight excluding hydrogens is 224 g/mol. The molecule has 79 valence electrons. The summed E-state index contributed by atoms with van der Waals surface area (Å²) in [6.07, 6.45) is 13.8. The Labute approximate surface area is 92.6 Å². The summed E-state index contributed by atoms with van der Waals surface area (Å²) in [5.41, 5.74) is 0. The number of rotatable bonds is 10. The first kappa shape index (κ1) is 13.5. The highest BCUT2D eigenvalue weighted by Crippen LogP contribution is 2.10. The third kappa shape index (κ3) is 12.5. The molecule has 0 saturated carbocycles. The summed E-state index contributed by atoms with van der Waals surface area (Å²) in [4.78, 5) is 0. The Morgan fingerprint density at radius 3 is 1.38 bits per heavy atom. The Balaban J connectivity index is 2.76. The normalized spacial score (nSPS) is 10.6. The average Bonchev–Trinajstić information content (AvgIpc) is 2.16. The van der Waals surface area contributed by atoms with Gasteiger partial charge in [0, 0.05) is 5.33 Å². The van der Waals surface area contributed by atoms with E-state index in [2.05, 4.69) is 22.9 Å². The molecule has 0 unspecified atom stereocenters. The zero-order valence-electron chi connectivity index (χ0n) is 8.86. The van der Waals surface area contributed by atoms with Crippen LogP contribution in [0, 0.1) is 6.92 Å². The summed E-state index contributed by atoms with van der Waals surface area (Å²) in [6.45, 7) is 3.85. The van der Waals surface area contributed by atoms with Gasteiger partial charge in [0.15, 0.2) is 0 Å². The molecular formula is C12H24Br. The van der Waals surface area contributed by atoms with Gasteiger partial charge in [-0.15, -0.1) is 0 Å². The van der Waals surface area contributed by atoms with Crippen LogP contribution >= 0.6 is 15.9 Å². The van der Waals surface area contributed by atoms with Crippen molar-refractivity contribution in [3.63, 3.8) is 0 Å². The maximum atomic E-state index is 3.85. The topological polar surface area (TPSA) is 0 Å². The molecule has 0 aliphatic heterocycles. The van der Waals surface area contributed by atoms with Crippen LogP contribution in [0.5, 0.6) is 0 Å². The molecule has 0 aromatic heterocycles. The van der Waals surface area contributed by atoms with E-state index in [9.17, 15) is 0 Å². The van der Waals surface area contributed by atoms with Gasteiger partial charge in [0.2, 0.25) is 0 Å². The van der Waals surface area contributed by atoms with E-state index in [4.69, 9.17) is 0 Å². The van der Waals surface area contributed by atoms with Gasteiger partial charge < -0.3 is 0 Å². The highest BCUT2D eigenvalue weighted by atomic mass is 79.9. The molecule has 0 nitrogen and oxygen atoms in total. The number of alkyl halides is 1. The van der Waals surface area contributed by atoms with E-state index in [0.717, 1.165) is 6.42 Å². The lowest BCUT2D eigenvalue weighted by Gasteiger charge is -2.00. The molecule has 0 rings (SSSR count). The largest absolute Gasteiger partial charge is 0.0928 e. The van der Waals surface area contributed by atoms with Crippen molar-refractivity contribution in [2.75, 3.05) is 5.33 Å². The highest BCUT2D eigenvalue weighted by Gasteiger charge is 1.91. The lowest BCUT2D eigenvalue weighted by atomic mass is 10.1. The lowest BCUT2D eigenvalue weighted by Crippen LogP contribution is -1.81. The van der Waals surface area contributed by atoms with Crippen molar-refractivity contribution in [1.82, 2.24) is 0 Å². The van der Waals surface area contributed by atoms with Crippen LogP contribution in [0.1, 0.15) is 64.2 Å². The zero-order chi connectivity index (χ0) is 9.78. The molecule has 0 fully saturated rings. The second kappa shape index (κ2) is 12.5. The zero-order valence-corrected chi connectivity index (χ0v) is 10.4. The van der Waals surface area contributed by atoms with Crippen molar-refractivity contribution in [2.45, 2.75) is 64.2 Å². The third-order valence-corrected chi connectivity index (χ3v) is 2.94. The van der Waals surface area contributed by atoms with Crippen molar-refractivity contribution >= 4 is 15.9 Å². The fourth-order valence-corrected chi connectivity index (χ4v) is 1.91. The molecule has 0 N–H and O–H groups in total. The molecule has 0 heterocycles. The fourth-order valence-electron chi connectivity index (χ4n) is 1.51. The molecule has 0 atom stereocenters. The van der Waals surface area contributed by atoms with Gasteiger partial charge in [0.05, 0.1) is 0 Å². The lowest BCUT2D eigenvalue weighted by molar-refractivity contribution is 0.567. The minimum absolute atomic E-state index is 1.12. The average molecular weight is 248 g/mol. The Morgan fingerprint density at radius 1 is 0.615 bits per heavy atom. The predicted octanol–water partition coefficient (Wildman–Crippen LogP) is 5.12. The van der Waals surface area contributed by atoms with E-state index < -0.39 is 0 Å². The Hall–Kier alpha value is 0.480. The second-order valence-corrected chi connectivity index (χ2v) is 4.52. The molecule has 0 bridgehead atoms. The third-order valence-electron chi connectivity index (χ3n) is 2.38. The van der Waals surface area contributed by atoms with Crippen LogP contribution in [-0.4, -0.2) is 5.33 Å². The van der Waals surface area contributed by atoms with Gasteiger partial charge in [-0.3, -0.25) is 0 Å². The maximum absolute atomic E-state index is 3.85. The van der Waals surface area contributed by atoms with Gasteiger partial charge in [-0.25, -0.2) is 0 Å². The molecule has 13 heavy (non-hydrogen) atoms. The van der Waals surface area contributed by atoms with E-state index in [1.54, 1.807) is 0 Å². The first-order valence-electron chi connectivity index (χ1n) is 5.77. The Bertz CT molecular complexity index is 71.2. The van der Waals surface area contributed by atoms with E-state index in [0.29, 0.717) is 0 Å². The van der Waals surface area contributed by atoms with Crippen molar-refractivity contribution in [1.29, 1.82) is 0 Å². The molecule has 1 heteroatoms. The maximum Gasteiger partial charge on any atom is 0.00313 e. The van der Waals surface area contributed by atoms with Crippen LogP contribution in [-0.2, 0) is 0 Å². The van der Waals surface area contributed by atoms with Crippen LogP contribution in [0.15, 0.2) is 0 Å². The van der Waals surface area contributed by atoms with E-state index in [1.807, 2.05) is 0 Å². The van der Waals surface area contributed by atoms with Crippen LogP contribution in [0.3, 0.4) is 0 Å². The Morgan fingerprint density at radius 2 is 1.00 bits per heavy atom. The fraction of sp³-hybridized carbons (Fsp3) is 0.917. The molecule has 0 spiro atoms. The van der Waals surface area contributed by atoms with Gasteiger partial charge in [-0.05, 0) is 6.42 Å². The molecule has 0 aromatic carbocycles. The number of hydrogen-bond donors (Lipinski definition) is 0. The van der Waals surface area contributed by atoms with Crippen LogP contribution in [0.4, 0.5) is 0 Å². The van der Waals surface area contributed by atoms with E-state index >= 15 is 0 Å². The Kier molecular flexibility index (Phi) is 12.9.